The monoisotopic (exact) mass is 499 g/mol. The third-order valence-electron chi connectivity index (χ3n) is 8.02. The molecule has 0 unspecified atom stereocenters. The van der Waals surface area contributed by atoms with Gasteiger partial charge in [-0.3, -0.25) is 4.57 Å². The number of amides is 1. The van der Waals surface area contributed by atoms with E-state index in [1.54, 1.807) is 0 Å². The molecule has 4 aromatic rings. The van der Waals surface area contributed by atoms with E-state index >= 15 is 0 Å². The van der Waals surface area contributed by atoms with Crippen LogP contribution in [0.1, 0.15) is 19.8 Å². The summed E-state index contributed by atoms with van der Waals surface area (Å²) in [6, 6.07) is 16.5. The van der Waals surface area contributed by atoms with Crippen molar-refractivity contribution in [3.63, 3.8) is 0 Å². The highest BCUT2D eigenvalue weighted by Crippen LogP contribution is 2.50. The van der Waals surface area contributed by atoms with Crippen molar-refractivity contribution in [2.45, 2.75) is 25.8 Å². The average Bonchev–Trinajstić information content (AvgIpc) is 3.25. The Kier molecular flexibility index (Phi) is 4.88. The van der Waals surface area contributed by atoms with Gasteiger partial charge in [0.25, 0.3) is 0 Å². The van der Waals surface area contributed by atoms with Crippen molar-refractivity contribution in [3.8, 4) is 11.6 Å². The van der Waals surface area contributed by atoms with E-state index in [4.69, 9.17) is 19.6 Å². The van der Waals surface area contributed by atoms with E-state index in [-0.39, 0.29) is 16.9 Å². The first kappa shape index (κ1) is 22.4. The molecule has 2 aromatic heterocycles. The molecule has 1 spiro atoms. The van der Waals surface area contributed by atoms with E-state index in [2.05, 4.69) is 46.4 Å². The number of hydrogen-bond acceptors (Lipinski definition) is 6. The quantitative estimate of drug-likeness (QED) is 0.409. The predicted molar refractivity (Wildman–Crippen MR) is 140 cm³/mol. The molecule has 4 heterocycles. The first-order chi connectivity index (χ1) is 17.9. The van der Waals surface area contributed by atoms with Gasteiger partial charge < -0.3 is 24.8 Å². The summed E-state index contributed by atoms with van der Waals surface area (Å²) in [6.07, 6.45) is 2.68. The summed E-state index contributed by atoms with van der Waals surface area (Å²) >= 11 is 0. The van der Waals surface area contributed by atoms with Crippen LogP contribution in [0.25, 0.3) is 27.8 Å². The van der Waals surface area contributed by atoms with Crippen molar-refractivity contribution in [2.24, 2.45) is 10.8 Å². The summed E-state index contributed by atoms with van der Waals surface area (Å²) in [5.74, 6) is 1.63. The Morgan fingerprint density at radius 1 is 1.19 bits per heavy atom. The number of carbonyl (C=O) groups is 1. The predicted octanol–water partition coefficient (Wildman–Crippen LogP) is 4.23. The molecule has 2 aromatic carbocycles. The van der Waals surface area contributed by atoms with Crippen LogP contribution in [0.15, 0.2) is 54.9 Å². The fourth-order valence-electron chi connectivity index (χ4n) is 6.02. The van der Waals surface area contributed by atoms with Gasteiger partial charge >= 0.3 is 6.09 Å². The minimum Gasteiger partial charge on any atom is -0.493 e. The molecule has 0 bridgehead atoms. The zero-order valence-corrected chi connectivity index (χ0v) is 20.7. The summed E-state index contributed by atoms with van der Waals surface area (Å²) in [5.41, 5.74) is 4.23. The number of nitrogens with zero attached hydrogens (tertiary/aromatic N) is 4. The molecule has 0 radical (unpaired) electrons. The lowest BCUT2D eigenvalue weighted by molar-refractivity contribution is -0.120. The van der Waals surface area contributed by atoms with Crippen LogP contribution in [0.3, 0.4) is 0 Å². The zero-order valence-electron chi connectivity index (χ0n) is 20.7. The highest BCUT2D eigenvalue weighted by molar-refractivity contribution is 5.92. The molecule has 1 amide bonds. The summed E-state index contributed by atoms with van der Waals surface area (Å²) in [4.78, 5) is 23.0. The van der Waals surface area contributed by atoms with Crippen molar-refractivity contribution >= 4 is 33.7 Å². The maximum absolute atomic E-state index is 10.9. The fraction of sp³-hybridized carbons (Fsp3) is 0.393. The second-order valence-corrected chi connectivity index (χ2v) is 11.3. The Labute approximate surface area is 214 Å². The topological polar surface area (TPSA) is 102 Å². The van der Waals surface area contributed by atoms with E-state index in [9.17, 15) is 4.79 Å². The SMILES string of the molecule is CC1(COc2ccc3c(c2)ncn3-c2ccc3cccc(N4CC5(CC(NC(=O)O)C5)C4)c3n2)COC1. The summed E-state index contributed by atoms with van der Waals surface area (Å²) in [7, 11) is 0. The van der Waals surface area contributed by atoms with Gasteiger partial charge in [0.15, 0.2) is 0 Å². The number of hydrogen-bond donors (Lipinski definition) is 2. The smallest absolute Gasteiger partial charge is 0.404 e. The molecule has 2 aliphatic heterocycles. The highest BCUT2D eigenvalue weighted by Gasteiger charge is 2.53. The molecule has 7 rings (SSSR count). The number of aromatic nitrogens is 3. The molecule has 3 fully saturated rings. The van der Waals surface area contributed by atoms with Gasteiger partial charge in [-0.15, -0.1) is 0 Å². The lowest BCUT2D eigenvalue weighted by Gasteiger charge is -2.59. The molecule has 9 nitrogen and oxygen atoms in total. The molecule has 2 N–H and O–H groups in total. The Morgan fingerprint density at radius 2 is 2.03 bits per heavy atom. The van der Waals surface area contributed by atoms with Gasteiger partial charge in [0.2, 0.25) is 0 Å². The number of ether oxygens (including phenoxy) is 2. The van der Waals surface area contributed by atoms with Crippen LogP contribution in [-0.2, 0) is 4.74 Å². The van der Waals surface area contributed by atoms with Crippen LogP contribution in [0.2, 0.25) is 0 Å². The van der Waals surface area contributed by atoms with Gasteiger partial charge in [0, 0.05) is 41.4 Å². The van der Waals surface area contributed by atoms with Gasteiger partial charge in [-0.2, -0.15) is 0 Å². The number of nitrogens with one attached hydrogen (secondary N) is 1. The van der Waals surface area contributed by atoms with Crippen LogP contribution in [0, 0.1) is 10.8 Å². The Morgan fingerprint density at radius 3 is 2.78 bits per heavy atom. The van der Waals surface area contributed by atoms with Gasteiger partial charge in [-0.1, -0.05) is 19.1 Å². The van der Waals surface area contributed by atoms with Crippen molar-refractivity contribution in [3.05, 3.63) is 54.9 Å². The number of benzene rings is 2. The molecular formula is C28H29N5O4. The maximum Gasteiger partial charge on any atom is 0.404 e. The summed E-state index contributed by atoms with van der Waals surface area (Å²) in [6.45, 7) is 6.13. The van der Waals surface area contributed by atoms with E-state index in [0.29, 0.717) is 6.61 Å². The maximum atomic E-state index is 10.9. The van der Waals surface area contributed by atoms with Crippen molar-refractivity contribution in [1.82, 2.24) is 19.9 Å². The highest BCUT2D eigenvalue weighted by atomic mass is 16.5. The van der Waals surface area contributed by atoms with Crippen LogP contribution in [0.4, 0.5) is 10.5 Å². The van der Waals surface area contributed by atoms with Crippen molar-refractivity contribution in [2.75, 3.05) is 37.8 Å². The first-order valence-electron chi connectivity index (χ1n) is 12.7. The van der Waals surface area contributed by atoms with Crippen LogP contribution in [-0.4, -0.2) is 64.7 Å². The van der Waals surface area contributed by atoms with E-state index in [1.165, 1.54) is 0 Å². The molecular weight excluding hydrogens is 470 g/mol. The van der Waals surface area contributed by atoms with Gasteiger partial charge in [0.1, 0.15) is 17.9 Å². The Bertz CT molecular complexity index is 1510. The number of rotatable bonds is 6. The van der Waals surface area contributed by atoms with E-state index in [1.807, 2.05) is 35.2 Å². The molecule has 190 valence electrons. The van der Waals surface area contributed by atoms with E-state index in [0.717, 1.165) is 78.3 Å². The molecule has 2 saturated heterocycles. The second-order valence-electron chi connectivity index (χ2n) is 11.3. The first-order valence-corrected chi connectivity index (χ1v) is 12.7. The number of anilines is 1. The lowest BCUT2D eigenvalue weighted by Crippen LogP contribution is -2.66. The molecule has 0 atom stereocenters. The van der Waals surface area contributed by atoms with Gasteiger partial charge in [-0.25, -0.2) is 14.8 Å². The van der Waals surface area contributed by atoms with E-state index < -0.39 is 6.09 Å². The third-order valence-corrected chi connectivity index (χ3v) is 8.02. The summed E-state index contributed by atoms with van der Waals surface area (Å²) in [5, 5.41) is 12.7. The number of pyridine rings is 1. The summed E-state index contributed by atoms with van der Waals surface area (Å²) < 4.78 is 13.4. The number of imidazole rings is 1. The van der Waals surface area contributed by atoms with Crippen LogP contribution in [0.5, 0.6) is 5.75 Å². The molecule has 3 aliphatic rings. The molecule has 9 heteroatoms. The molecule has 1 aliphatic carbocycles. The lowest BCUT2D eigenvalue weighted by atomic mass is 9.60. The number of para-hydroxylation sites is 1. The van der Waals surface area contributed by atoms with Crippen LogP contribution >= 0.6 is 0 Å². The fourth-order valence-corrected chi connectivity index (χ4v) is 6.02. The molecule has 37 heavy (non-hydrogen) atoms. The van der Waals surface area contributed by atoms with Gasteiger partial charge in [0.05, 0.1) is 42.1 Å². The number of fused-ring (bicyclic) bond motifs is 2. The minimum atomic E-state index is -0.935. The van der Waals surface area contributed by atoms with Crippen molar-refractivity contribution < 1.29 is 19.4 Å². The number of carboxylic acid groups (broad SMARTS) is 1. The average molecular weight is 500 g/mol. The Balaban J connectivity index is 1.12. The largest absolute Gasteiger partial charge is 0.493 e. The standard InChI is InChI=1S/C28H29N5O4/c1-27(14-36-15-27)16-37-20-6-7-22-21(9-20)29-17-33(22)24-8-5-18-3-2-4-23(25(18)31-24)32-12-28(13-32)10-19(11-28)30-26(34)35/h2-9,17,19,30H,10-16H2,1H3,(H,34,35). The zero-order chi connectivity index (χ0) is 25.2. The van der Waals surface area contributed by atoms with Crippen molar-refractivity contribution in [1.29, 1.82) is 0 Å². The molecule has 1 saturated carbocycles. The van der Waals surface area contributed by atoms with Crippen LogP contribution < -0.4 is 15.0 Å². The second kappa shape index (κ2) is 8.08. The van der Waals surface area contributed by atoms with Gasteiger partial charge in [-0.05, 0) is 43.2 Å². The third kappa shape index (κ3) is 3.85. The Hall–Kier alpha value is -3.85. The normalized spacial score (nSPS) is 19.9. The minimum absolute atomic E-state index is 0.0765.